The summed E-state index contributed by atoms with van der Waals surface area (Å²) in [5.74, 6) is -0.629. The van der Waals surface area contributed by atoms with Crippen molar-refractivity contribution >= 4 is 17.7 Å². The molecule has 1 saturated heterocycles. The SMILES string of the molecule is CC(=O)N1CCN(c2cc(C(=O)O)cc(=O)[nH]2)CC1. The molecule has 7 nitrogen and oxygen atoms in total. The van der Waals surface area contributed by atoms with Gasteiger partial charge < -0.3 is 19.9 Å². The van der Waals surface area contributed by atoms with Crippen molar-refractivity contribution in [2.24, 2.45) is 0 Å². The third kappa shape index (κ3) is 2.93. The highest BCUT2D eigenvalue weighted by Crippen LogP contribution is 2.13. The highest BCUT2D eigenvalue weighted by Gasteiger charge is 2.20. The van der Waals surface area contributed by atoms with Crippen molar-refractivity contribution in [1.29, 1.82) is 0 Å². The Kier molecular flexibility index (Phi) is 3.55. The molecule has 0 radical (unpaired) electrons. The molecule has 0 saturated carbocycles. The number of aromatic amines is 1. The number of anilines is 1. The molecule has 0 aromatic carbocycles. The molecular weight excluding hydrogens is 250 g/mol. The maximum absolute atomic E-state index is 11.4. The van der Waals surface area contributed by atoms with E-state index in [2.05, 4.69) is 4.98 Å². The van der Waals surface area contributed by atoms with Gasteiger partial charge in [0, 0.05) is 39.2 Å². The first kappa shape index (κ1) is 13.1. The number of amides is 1. The van der Waals surface area contributed by atoms with Gasteiger partial charge in [-0.1, -0.05) is 0 Å². The molecule has 0 bridgehead atoms. The van der Waals surface area contributed by atoms with Crippen LogP contribution in [0.15, 0.2) is 16.9 Å². The van der Waals surface area contributed by atoms with Gasteiger partial charge in [-0.25, -0.2) is 4.79 Å². The first-order valence-corrected chi connectivity index (χ1v) is 5.95. The molecular formula is C12H15N3O4. The van der Waals surface area contributed by atoms with Gasteiger partial charge in [0.1, 0.15) is 5.82 Å². The van der Waals surface area contributed by atoms with E-state index in [1.54, 1.807) is 4.90 Å². The van der Waals surface area contributed by atoms with E-state index in [0.29, 0.717) is 32.0 Å². The molecule has 0 unspecified atom stereocenters. The number of H-pyrrole nitrogens is 1. The second-order valence-corrected chi connectivity index (χ2v) is 4.42. The number of carboxylic acid groups (broad SMARTS) is 1. The second-order valence-electron chi connectivity index (χ2n) is 4.42. The highest BCUT2D eigenvalue weighted by molar-refractivity contribution is 5.88. The Hall–Kier alpha value is -2.31. The molecule has 0 atom stereocenters. The van der Waals surface area contributed by atoms with Gasteiger partial charge in [-0.2, -0.15) is 0 Å². The first-order chi connectivity index (χ1) is 8.97. The third-order valence-corrected chi connectivity index (χ3v) is 3.14. The summed E-state index contributed by atoms with van der Waals surface area (Å²) in [5.41, 5.74) is -0.475. The number of piperazine rings is 1. The molecule has 1 aromatic rings. The van der Waals surface area contributed by atoms with Gasteiger partial charge in [0.05, 0.1) is 5.56 Å². The van der Waals surface area contributed by atoms with Crippen LogP contribution >= 0.6 is 0 Å². The van der Waals surface area contributed by atoms with Crippen LogP contribution in [0.2, 0.25) is 0 Å². The van der Waals surface area contributed by atoms with E-state index >= 15 is 0 Å². The predicted octanol–water partition coefficient (Wildman–Crippen LogP) is -0.258. The Morgan fingerprint density at radius 3 is 2.37 bits per heavy atom. The minimum absolute atomic E-state index is 0.0208. The van der Waals surface area contributed by atoms with E-state index in [4.69, 9.17) is 5.11 Å². The van der Waals surface area contributed by atoms with Crippen LogP contribution in [0.25, 0.3) is 0 Å². The standard InChI is InChI=1S/C12H15N3O4/c1-8(16)14-2-4-15(5-3-14)10-6-9(12(18)19)7-11(17)13-10/h6-7H,2-5H2,1H3,(H,13,17)(H,18,19). The summed E-state index contributed by atoms with van der Waals surface area (Å²) in [7, 11) is 0. The molecule has 1 aliphatic heterocycles. The summed E-state index contributed by atoms with van der Waals surface area (Å²) in [5, 5.41) is 8.92. The molecule has 102 valence electrons. The van der Waals surface area contributed by atoms with E-state index < -0.39 is 11.5 Å². The lowest BCUT2D eigenvalue weighted by Gasteiger charge is -2.35. The van der Waals surface area contributed by atoms with Crippen molar-refractivity contribution in [3.8, 4) is 0 Å². The molecule has 1 aromatic heterocycles. The van der Waals surface area contributed by atoms with Gasteiger partial charge in [-0.15, -0.1) is 0 Å². The molecule has 0 aliphatic carbocycles. The topological polar surface area (TPSA) is 93.7 Å². The number of carbonyl (C=O) groups is 2. The van der Waals surface area contributed by atoms with Gasteiger partial charge in [-0.3, -0.25) is 9.59 Å². The molecule has 2 N–H and O–H groups in total. The van der Waals surface area contributed by atoms with Crippen LogP contribution in [-0.4, -0.2) is 53.0 Å². The molecule has 1 aliphatic rings. The summed E-state index contributed by atoms with van der Waals surface area (Å²) in [6.07, 6.45) is 0. The summed E-state index contributed by atoms with van der Waals surface area (Å²) < 4.78 is 0. The zero-order valence-electron chi connectivity index (χ0n) is 10.5. The van der Waals surface area contributed by atoms with E-state index in [1.807, 2.05) is 4.90 Å². The number of nitrogens with zero attached hydrogens (tertiary/aromatic N) is 2. The lowest BCUT2D eigenvalue weighted by molar-refractivity contribution is -0.129. The molecule has 2 rings (SSSR count). The maximum Gasteiger partial charge on any atom is 0.336 e. The Labute approximate surface area is 109 Å². The average Bonchev–Trinajstić information content (AvgIpc) is 2.38. The van der Waals surface area contributed by atoms with Crippen LogP contribution in [-0.2, 0) is 4.79 Å². The number of rotatable bonds is 2. The Balaban J connectivity index is 2.17. The summed E-state index contributed by atoms with van der Waals surface area (Å²) in [6, 6.07) is 2.49. The fourth-order valence-corrected chi connectivity index (χ4v) is 2.08. The number of carboxylic acids is 1. The number of hydrogen-bond acceptors (Lipinski definition) is 4. The fraction of sp³-hybridized carbons (Fsp3) is 0.417. The van der Waals surface area contributed by atoms with Crippen LogP contribution in [0.4, 0.5) is 5.82 Å². The largest absolute Gasteiger partial charge is 0.478 e. The Morgan fingerprint density at radius 1 is 1.21 bits per heavy atom. The normalized spacial score (nSPS) is 15.4. The van der Waals surface area contributed by atoms with Gasteiger partial charge >= 0.3 is 5.97 Å². The van der Waals surface area contributed by atoms with E-state index in [0.717, 1.165) is 6.07 Å². The summed E-state index contributed by atoms with van der Waals surface area (Å²) in [4.78, 5) is 39.7. The first-order valence-electron chi connectivity index (χ1n) is 5.95. The predicted molar refractivity (Wildman–Crippen MR) is 68.5 cm³/mol. The van der Waals surface area contributed by atoms with Crippen molar-refractivity contribution in [2.45, 2.75) is 6.92 Å². The van der Waals surface area contributed by atoms with Crippen LogP contribution in [0, 0.1) is 0 Å². The fourth-order valence-electron chi connectivity index (χ4n) is 2.08. The van der Waals surface area contributed by atoms with E-state index in [9.17, 15) is 14.4 Å². The van der Waals surface area contributed by atoms with Crippen LogP contribution in [0.5, 0.6) is 0 Å². The second kappa shape index (κ2) is 5.13. The number of pyridine rings is 1. The lowest BCUT2D eigenvalue weighted by Crippen LogP contribution is -2.48. The molecule has 1 amide bonds. The Morgan fingerprint density at radius 2 is 1.84 bits per heavy atom. The molecule has 7 heteroatoms. The monoisotopic (exact) mass is 265 g/mol. The number of aromatic carboxylic acids is 1. The van der Waals surface area contributed by atoms with Crippen LogP contribution in [0.3, 0.4) is 0 Å². The maximum atomic E-state index is 11.4. The summed E-state index contributed by atoms with van der Waals surface area (Å²) >= 11 is 0. The van der Waals surface area contributed by atoms with Crippen molar-refractivity contribution in [3.63, 3.8) is 0 Å². The Bertz CT molecular complexity index is 558. The molecule has 1 fully saturated rings. The molecule has 19 heavy (non-hydrogen) atoms. The molecule has 0 spiro atoms. The van der Waals surface area contributed by atoms with Crippen LogP contribution < -0.4 is 10.5 Å². The highest BCUT2D eigenvalue weighted by atomic mass is 16.4. The van der Waals surface area contributed by atoms with Crippen LogP contribution in [0.1, 0.15) is 17.3 Å². The van der Waals surface area contributed by atoms with Crippen molar-refractivity contribution in [2.75, 3.05) is 31.1 Å². The minimum Gasteiger partial charge on any atom is -0.478 e. The average molecular weight is 265 g/mol. The van der Waals surface area contributed by atoms with Crippen molar-refractivity contribution in [1.82, 2.24) is 9.88 Å². The number of nitrogens with one attached hydrogen (secondary N) is 1. The molecule has 2 heterocycles. The lowest BCUT2D eigenvalue weighted by atomic mass is 10.2. The quantitative estimate of drug-likeness (QED) is 0.768. The number of carbonyl (C=O) groups excluding carboxylic acids is 1. The third-order valence-electron chi connectivity index (χ3n) is 3.14. The van der Waals surface area contributed by atoms with Gasteiger partial charge in [0.2, 0.25) is 11.5 Å². The van der Waals surface area contributed by atoms with Gasteiger partial charge in [0.25, 0.3) is 0 Å². The van der Waals surface area contributed by atoms with Crippen molar-refractivity contribution < 1.29 is 14.7 Å². The zero-order valence-corrected chi connectivity index (χ0v) is 10.5. The summed E-state index contributed by atoms with van der Waals surface area (Å²) in [6.45, 7) is 3.78. The van der Waals surface area contributed by atoms with Gasteiger partial charge in [0.15, 0.2) is 0 Å². The zero-order chi connectivity index (χ0) is 14.0. The van der Waals surface area contributed by atoms with Crippen molar-refractivity contribution in [3.05, 3.63) is 28.0 Å². The number of aromatic nitrogens is 1. The van der Waals surface area contributed by atoms with E-state index in [1.165, 1.54) is 13.0 Å². The number of hydrogen-bond donors (Lipinski definition) is 2. The van der Waals surface area contributed by atoms with Gasteiger partial charge in [-0.05, 0) is 6.07 Å². The smallest absolute Gasteiger partial charge is 0.336 e. The minimum atomic E-state index is -1.13. The van der Waals surface area contributed by atoms with E-state index in [-0.39, 0.29) is 11.5 Å².